The molecule has 5 aromatic carbocycles. The van der Waals surface area contributed by atoms with Gasteiger partial charge in [0, 0.05) is 70.1 Å². The zero-order valence-corrected chi connectivity index (χ0v) is 46.8. The molecule has 0 aliphatic rings. The normalized spacial score (nSPS) is 10.1. The Hall–Kier alpha value is -8.57. The van der Waals surface area contributed by atoms with Crippen molar-refractivity contribution in [3.05, 3.63) is 154 Å². The Bertz CT molecular complexity index is 2910. The quantitative estimate of drug-likeness (QED) is 0.00751. The van der Waals surface area contributed by atoms with Crippen LogP contribution in [0.3, 0.4) is 0 Å². The van der Waals surface area contributed by atoms with Gasteiger partial charge in [-0.1, -0.05) is 36.4 Å². The maximum atomic E-state index is 12.6. The second-order valence-corrected chi connectivity index (χ2v) is 16.2. The van der Waals surface area contributed by atoms with Crippen molar-refractivity contribution in [3.63, 3.8) is 0 Å². The van der Waals surface area contributed by atoms with Gasteiger partial charge < -0.3 is 88.0 Å². The summed E-state index contributed by atoms with van der Waals surface area (Å²) in [6.45, 7) is 6.36. The van der Waals surface area contributed by atoms with E-state index in [1.165, 1.54) is 68.8 Å². The van der Waals surface area contributed by atoms with E-state index in [4.69, 9.17) is 45.9 Å². The van der Waals surface area contributed by atoms with Gasteiger partial charge in [0.05, 0.1) is 41.6 Å². The van der Waals surface area contributed by atoms with Crippen LogP contribution in [0.5, 0.6) is 28.7 Å². The number of carbonyl (C=O) groups is 6. The minimum Gasteiger partial charge on any atom is -0.493 e. The van der Waals surface area contributed by atoms with Gasteiger partial charge in [-0.25, -0.2) is 9.59 Å². The third-order valence-corrected chi connectivity index (χ3v) is 10.0. The number of ether oxygens (including phenoxy) is 5. The highest BCUT2D eigenvalue weighted by Gasteiger charge is 2.17. The Morgan fingerprint density at radius 3 is 1.44 bits per heavy atom. The van der Waals surface area contributed by atoms with Crippen molar-refractivity contribution in [1.82, 2.24) is 26.4 Å². The summed E-state index contributed by atoms with van der Waals surface area (Å²) in [5, 5.41) is 47.2. The molecule has 0 bridgehead atoms. The van der Waals surface area contributed by atoms with Crippen LogP contribution >= 0.6 is 24.8 Å². The van der Waals surface area contributed by atoms with Crippen LogP contribution in [0.15, 0.2) is 121 Å². The van der Waals surface area contributed by atoms with Gasteiger partial charge in [-0.15, -0.1) is 24.8 Å². The average Bonchev–Trinajstić information content (AvgIpc) is 3.51. The molecular weight excluding hydrogens is 1110 g/mol. The molecule has 82 heavy (non-hydrogen) atoms. The number of methoxy groups -OCH3 is 2. The number of rotatable bonds is 25. The van der Waals surface area contributed by atoms with Gasteiger partial charge in [0.2, 0.25) is 11.8 Å². The predicted octanol–water partition coefficient (Wildman–Crippen LogP) is 3.83. The maximum absolute atomic E-state index is 12.6. The van der Waals surface area contributed by atoms with Crippen molar-refractivity contribution >= 4 is 104 Å². The molecule has 0 atom stereocenters. The van der Waals surface area contributed by atoms with Crippen LogP contribution in [0, 0.1) is 10.1 Å². The molecular formula is C52H67B2Cl2N11O15. The summed E-state index contributed by atoms with van der Waals surface area (Å²) >= 11 is 0. The number of nitro groups is 1. The predicted molar refractivity (Wildman–Crippen MR) is 318 cm³/mol. The zero-order chi connectivity index (χ0) is 58.8. The van der Waals surface area contributed by atoms with Gasteiger partial charge in [0.1, 0.15) is 5.75 Å². The number of nitrogens with zero attached hydrogens (tertiary/aromatic N) is 1. The van der Waals surface area contributed by atoms with E-state index in [1.807, 2.05) is 0 Å². The summed E-state index contributed by atoms with van der Waals surface area (Å²) in [6, 6.07) is 27.5. The summed E-state index contributed by atoms with van der Waals surface area (Å²) in [7, 11) is 1.68. The van der Waals surface area contributed by atoms with Crippen LogP contribution in [0.2, 0.25) is 13.6 Å². The SMILES string of the molecule is CB(O)NCCN.COc1cc(/C=C/C(=O)Nc2ccccc2C(=O)NCCN)ccc1OC(=O)NCCN.COc1cc(/C=C/C(=O)Nc2ccccc2C(=O)NCCNB(C)O)ccc1OC(=O)Oc1ccc([N+](=O)[O-])cc1.Cl.Cl. The van der Waals surface area contributed by atoms with Crippen LogP contribution in [0.1, 0.15) is 31.8 Å². The Balaban J connectivity index is 0.000000733. The summed E-state index contributed by atoms with van der Waals surface area (Å²) < 4.78 is 25.9. The van der Waals surface area contributed by atoms with Crippen molar-refractivity contribution in [2.75, 3.05) is 77.2 Å². The van der Waals surface area contributed by atoms with Gasteiger partial charge in [0.25, 0.3) is 17.5 Å². The molecule has 5 rings (SSSR count). The molecule has 0 aliphatic carbocycles. The van der Waals surface area contributed by atoms with Crippen LogP contribution in [0.4, 0.5) is 26.7 Å². The number of non-ortho nitro benzene ring substituents is 1. The largest absolute Gasteiger partial charge is 0.519 e. The zero-order valence-electron chi connectivity index (χ0n) is 45.2. The lowest BCUT2D eigenvalue weighted by molar-refractivity contribution is -0.384. The highest BCUT2D eigenvalue weighted by molar-refractivity contribution is 6.45. The topological polar surface area (TPSA) is 394 Å². The summed E-state index contributed by atoms with van der Waals surface area (Å²) in [5.74, 6) is -0.812. The number of hydrogen-bond donors (Lipinski definition) is 12. The van der Waals surface area contributed by atoms with E-state index in [9.17, 15) is 43.9 Å². The minimum atomic E-state index is -1.08. The molecule has 0 heterocycles. The van der Waals surface area contributed by atoms with E-state index in [-0.39, 0.29) is 84.0 Å². The molecule has 0 unspecified atom stereocenters. The number of hydrogen-bond acceptors (Lipinski definition) is 20. The first-order valence-corrected chi connectivity index (χ1v) is 24.5. The molecule has 0 saturated carbocycles. The first-order chi connectivity index (χ1) is 38.4. The van der Waals surface area contributed by atoms with E-state index in [0.717, 1.165) is 0 Å². The molecule has 0 fully saturated rings. The number of carbonyl (C=O) groups excluding carboxylic acids is 6. The molecule has 0 aromatic heterocycles. The molecule has 0 radical (unpaired) electrons. The standard InChI is InChI=1S/C27H27BN4O9.C22H27N5O5.C3H11BN2O.2ClH/c1-28(36)30-16-15-29-26(34)21-5-3-4-6-22(21)31-25(33)14-8-18-7-13-23(24(17-18)39-2)41-27(35)40-20-11-9-19(10-12-20)32(37)38;1-31-19-14-15(6-8-18(19)32-22(30)26-13-11-24)7-9-20(28)27-17-5-3-2-4-16(17)21(29)25-12-10-23;1-4(7)6-3-2-5;;/h3-14,17,30,36H,15-16H2,1-2H3,(H,29,34)(H,31,33);2-9,14H,10-13,23-24H2,1H3,(H,25,29)(H,26,30)(H,27,28);6-7H,2-3,5H2,1H3;2*1H/b14-8+;9-7+;;;. The van der Waals surface area contributed by atoms with Crippen LogP contribution in [-0.2, 0) is 9.59 Å². The van der Waals surface area contributed by atoms with Crippen LogP contribution < -0.4 is 77.9 Å². The molecule has 440 valence electrons. The van der Waals surface area contributed by atoms with E-state index < -0.39 is 43.1 Å². The fraction of sp³-hybridized carbons (Fsp3) is 0.231. The smallest absolute Gasteiger partial charge is 0.493 e. The highest BCUT2D eigenvalue weighted by atomic mass is 35.5. The monoisotopic (exact) mass is 1180 g/mol. The first-order valence-electron chi connectivity index (χ1n) is 24.5. The number of benzene rings is 5. The average molecular weight is 1180 g/mol. The molecule has 0 saturated heterocycles. The third-order valence-electron chi connectivity index (χ3n) is 10.0. The molecule has 5 amide bonds. The van der Waals surface area contributed by atoms with Gasteiger partial charge in [-0.05, 0) is 104 Å². The lowest BCUT2D eigenvalue weighted by Gasteiger charge is -2.11. The van der Waals surface area contributed by atoms with E-state index in [1.54, 1.807) is 92.5 Å². The van der Waals surface area contributed by atoms with Crippen molar-refractivity contribution in [3.8, 4) is 28.7 Å². The second-order valence-electron chi connectivity index (χ2n) is 16.2. The fourth-order valence-electron chi connectivity index (χ4n) is 6.30. The second kappa shape index (κ2) is 39.7. The van der Waals surface area contributed by atoms with Gasteiger partial charge >= 0.3 is 26.3 Å². The van der Waals surface area contributed by atoms with Gasteiger partial charge in [0.15, 0.2) is 23.0 Å². The Kier molecular flexibility index (Phi) is 34.6. The molecule has 15 N–H and O–H groups in total. The third kappa shape index (κ3) is 27.1. The molecule has 0 spiro atoms. The van der Waals surface area contributed by atoms with Gasteiger partial charge in [-0.3, -0.25) is 29.3 Å². The lowest BCUT2D eigenvalue weighted by atomic mass is 9.89. The highest BCUT2D eigenvalue weighted by Crippen LogP contribution is 2.31. The van der Waals surface area contributed by atoms with Crippen molar-refractivity contribution in [1.29, 1.82) is 0 Å². The summed E-state index contributed by atoms with van der Waals surface area (Å²) in [6.07, 6.45) is 3.92. The number of nitro benzene ring substituents is 1. The van der Waals surface area contributed by atoms with Crippen LogP contribution in [0.25, 0.3) is 12.2 Å². The molecule has 30 heteroatoms. The van der Waals surface area contributed by atoms with E-state index in [0.29, 0.717) is 73.1 Å². The lowest BCUT2D eigenvalue weighted by Crippen LogP contribution is -2.38. The van der Waals surface area contributed by atoms with E-state index in [2.05, 4.69) is 37.0 Å². The van der Waals surface area contributed by atoms with Crippen molar-refractivity contribution < 1.29 is 67.4 Å². The van der Waals surface area contributed by atoms with Gasteiger partial charge in [-0.2, -0.15) is 0 Å². The van der Waals surface area contributed by atoms with Crippen molar-refractivity contribution in [2.45, 2.75) is 13.6 Å². The fourth-order valence-corrected chi connectivity index (χ4v) is 6.30. The number of nitrogens with one attached hydrogen (secondary N) is 7. The number of halogens is 2. The number of nitrogens with two attached hydrogens (primary N) is 3. The maximum Gasteiger partial charge on any atom is 0.519 e. The van der Waals surface area contributed by atoms with Crippen molar-refractivity contribution in [2.24, 2.45) is 17.2 Å². The van der Waals surface area contributed by atoms with Crippen LogP contribution in [-0.4, -0.2) is 132 Å². The molecule has 26 nitrogen and oxygen atoms in total. The van der Waals surface area contributed by atoms with E-state index >= 15 is 0 Å². The number of anilines is 2. The molecule has 5 aromatic rings. The first kappa shape index (κ1) is 71.4. The summed E-state index contributed by atoms with van der Waals surface area (Å²) in [5.41, 5.74) is 18.2. The Morgan fingerprint density at radius 1 is 0.561 bits per heavy atom. The number of para-hydroxylation sites is 2. The number of amides is 5. The summed E-state index contributed by atoms with van der Waals surface area (Å²) in [4.78, 5) is 83.8. The minimum absolute atomic E-state index is 0. The Morgan fingerprint density at radius 2 is 1.00 bits per heavy atom. The molecule has 0 aliphatic heterocycles. The Labute approximate surface area is 486 Å².